The molecule has 0 rings (SSSR count). The zero-order valence-corrected chi connectivity index (χ0v) is 5.59. The van der Waals surface area contributed by atoms with Crippen LogP contribution in [0.3, 0.4) is 0 Å². The molecule has 0 nitrogen and oxygen atoms in total. The molecule has 0 fully saturated rings. The van der Waals surface area contributed by atoms with Gasteiger partial charge < -0.3 is 0 Å². The molecular weight excluding hydrogens is 104 g/mol. The highest BCUT2D eigenvalue weighted by molar-refractivity contribution is 8.05. The molecule has 0 heterocycles. The van der Waals surface area contributed by atoms with Crippen molar-refractivity contribution < 1.29 is 0 Å². The number of hydrogen-bond donors (Lipinski definition) is 0. The summed E-state index contributed by atoms with van der Waals surface area (Å²) >= 11 is 1.66. The van der Waals surface area contributed by atoms with Crippen molar-refractivity contribution in [1.82, 2.24) is 0 Å². The van der Waals surface area contributed by atoms with Crippen LogP contribution in [0.15, 0.2) is 23.0 Å². The molecule has 0 N–H and O–H groups in total. The van der Waals surface area contributed by atoms with Crippen molar-refractivity contribution in [3.8, 4) is 0 Å². The highest BCUT2D eigenvalue weighted by atomic mass is 32.2. The highest BCUT2D eigenvalue weighted by Crippen LogP contribution is 2.13. The minimum Gasteiger partial charge on any atom is -0.104 e. The van der Waals surface area contributed by atoms with Gasteiger partial charge in [0.05, 0.1) is 0 Å². The Labute approximate surface area is 49.3 Å². The lowest BCUT2D eigenvalue weighted by Crippen LogP contribution is -1.55. The molecule has 0 aliphatic rings. The summed E-state index contributed by atoms with van der Waals surface area (Å²) in [7, 11) is 0. The van der Waals surface area contributed by atoms with Crippen molar-refractivity contribution in [2.24, 2.45) is 0 Å². The van der Waals surface area contributed by atoms with Crippen LogP contribution in [0.1, 0.15) is 13.8 Å². The van der Waals surface area contributed by atoms with E-state index in [9.17, 15) is 0 Å². The fraction of sp³-hybridized carbons (Fsp3) is 0.333. The van der Waals surface area contributed by atoms with Crippen LogP contribution in [0.25, 0.3) is 0 Å². The molecule has 1 heteroatoms. The normalized spacial score (nSPS) is 11.4. The first-order valence-electron chi connectivity index (χ1n) is 2.21. The number of thioether (sulfide) groups is 1. The molecule has 7 heavy (non-hydrogen) atoms. The van der Waals surface area contributed by atoms with Crippen LogP contribution < -0.4 is 0 Å². The molecule has 40 valence electrons. The Morgan fingerprint density at radius 3 is 2.43 bits per heavy atom. The predicted molar refractivity (Wildman–Crippen MR) is 37.2 cm³/mol. The van der Waals surface area contributed by atoms with Crippen LogP contribution in [0.4, 0.5) is 0 Å². The number of hydrogen-bond acceptors (Lipinski definition) is 1. The van der Waals surface area contributed by atoms with E-state index in [0.717, 1.165) is 0 Å². The summed E-state index contributed by atoms with van der Waals surface area (Å²) in [5.74, 6) is 0. The van der Waals surface area contributed by atoms with Gasteiger partial charge in [0.25, 0.3) is 0 Å². The highest BCUT2D eigenvalue weighted by Gasteiger charge is 1.76. The van der Waals surface area contributed by atoms with E-state index in [-0.39, 0.29) is 0 Å². The van der Waals surface area contributed by atoms with Gasteiger partial charge in [-0.3, -0.25) is 0 Å². The third-order valence-electron chi connectivity index (χ3n) is 0.676. The molecule has 0 saturated carbocycles. The molecule has 0 unspecified atom stereocenters. The Balaban J connectivity index is 3.36. The molecule has 0 aromatic heterocycles. The summed E-state index contributed by atoms with van der Waals surface area (Å²) in [4.78, 5) is 1.30. The smallest absolute Gasteiger partial charge is 0.0182 e. The largest absolute Gasteiger partial charge is 0.104 e. The van der Waals surface area contributed by atoms with Gasteiger partial charge in [-0.2, -0.15) is 0 Å². The van der Waals surface area contributed by atoms with E-state index in [0.29, 0.717) is 0 Å². The average Bonchev–Trinajstić information content (AvgIpc) is 1.68. The Bertz CT molecular complexity index is 82.2. The second-order valence-corrected chi connectivity index (χ2v) is 2.40. The van der Waals surface area contributed by atoms with Crippen LogP contribution in [0.2, 0.25) is 0 Å². The Morgan fingerprint density at radius 2 is 2.29 bits per heavy atom. The van der Waals surface area contributed by atoms with Gasteiger partial charge in [-0.1, -0.05) is 12.7 Å². The number of rotatable bonds is 2. The molecule has 0 aromatic rings. The van der Waals surface area contributed by atoms with Crippen molar-refractivity contribution in [1.29, 1.82) is 0 Å². The van der Waals surface area contributed by atoms with Crippen molar-refractivity contribution in [3.63, 3.8) is 0 Å². The van der Waals surface area contributed by atoms with E-state index >= 15 is 0 Å². The van der Waals surface area contributed by atoms with Crippen molar-refractivity contribution >= 4 is 11.8 Å². The zero-order valence-electron chi connectivity index (χ0n) is 4.77. The molecule has 0 aliphatic carbocycles. The van der Waals surface area contributed by atoms with E-state index < -0.39 is 0 Å². The molecular formula is C6H10S. The first-order valence-corrected chi connectivity index (χ1v) is 3.09. The lowest BCUT2D eigenvalue weighted by molar-refractivity contribution is 1.60. The molecule has 0 radical (unpaired) electrons. The molecule has 0 aromatic carbocycles. The van der Waals surface area contributed by atoms with Gasteiger partial charge in [-0.25, -0.2) is 0 Å². The Hall–Kier alpha value is -0.170. The first kappa shape index (κ1) is 6.83. The van der Waals surface area contributed by atoms with Crippen LogP contribution in [0, 0.1) is 0 Å². The van der Waals surface area contributed by atoms with E-state index in [1.807, 2.05) is 12.3 Å². The van der Waals surface area contributed by atoms with E-state index in [4.69, 9.17) is 0 Å². The van der Waals surface area contributed by atoms with E-state index in [1.54, 1.807) is 11.8 Å². The first-order chi connectivity index (χ1) is 3.31. The minimum absolute atomic E-state index is 1.30. The van der Waals surface area contributed by atoms with Crippen molar-refractivity contribution in [2.45, 2.75) is 13.8 Å². The second-order valence-electron chi connectivity index (χ2n) is 1.18. The van der Waals surface area contributed by atoms with Gasteiger partial charge in [0.1, 0.15) is 0 Å². The van der Waals surface area contributed by atoms with Gasteiger partial charge in [-0.15, -0.1) is 11.8 Å². The predicted octanol–water partition coefficient (Wildman–Crippen LogP) is 2.79. The maximum atomic E-state index is 3.57. The molecule has 0 atom stereocenters. The van der Waals surface area contributed by atoms with E-state index in [2.05, 4.69) is 19.6 Å². The minimum atomic E-state index is 1.30. The fourth-order valence-electron chi connectivity index (χ4n) is 0.199. The van der Waals surface area contributed by atoms with E-state index in [1.165, 1.54) is 4.91 Å². The third kappa shape index (κ3) is 3.67. The molecule has 0 spiro atoms. The van der Waals surface area contributed by atoms with Crippen LogP contribution >= 0.6 is 11.8 Å². The van der Waals surface area contributed by atoms with Crippen LogP contribution in [-0.2, 0) is 0 Å². The quantitative estimate of drug-likeness (QED) is 0.532. The third-order valence-corrected chi connectivity index (χ3v) is 1.45. The summed E-state index contributed by atoms with van der Waals surface area (Å²) in [6.07, 6.45) is 2.06. The van der Waals surface area contributed by atoms with Gasteiger partial charge in [0, 0.05) is 0 Å². The second kappa shape index (κ2) is 4.00. The van der Waals surface area contributed by atoms with Crippen LogP contribution in [-0.4, -0.2) is 0 Å². The fourth-order valence-corrected chi connectivity index (χ4v) is 0.598. The van der Waals surface area contributed by atoms with Gasteiger partial charge in [0.15, 0.2) is 0 Å². The molecule has 0 bridgehead atoms. The lowest BCUT2D eigenvalue weighted by atomic mass is 10.6. The van der Waals surface area contributed by atoms with Crippen molar-refractivity contribution in [3.05, 3.63) is 23.0 Å². The van der Waals surface area contributed by atoms with Crippen molar-refractivity contribution in [2.75, 3.05) is 0 Å². The Kier molecular flexibility index (Phi) is 3.90. The van der Waals surface area contributed by atoms with Crippen LogP contribution in [0.5, 0.6) is 0 Å². The van der Waals surface area contributed by atoms with Gasteiger partial charge in [0.2, 0.25) is 0 Å². The summed E-state index contributed by atoms with van der Waals surface area (Å²) in [6.45, 7) is 7.65. The summed E-state index contributed by atoms with van der Waals surface area (Å²) in [5.41, 5.74) is 0. The standard InChI is InChI=1S/C6H10S/c1-4-6(3)7-5-2/h4-5H,2H2,1,3H3. The average molecular weight is 114 g/mol. The maximum Gasteiger partial charge on any atom is -0.0182 e. The lowest BCUT2D eigenvalue weighted by Gasteiger charge is -1.86. The molecule has 0 amide bonds. The molecule has 0 aliphatic heterocycles. The SMILES string of the molecule is C=CSC(C)=CC. The summed E-state index contributed by atoms with van der Waals surface area (Å²) in [5, 5.41) is 1.83. The summed E-state index contributed by atoms with van der Waals surface area (Å²) in [6, 6.07) is 0. The number of allylic oxidation sites excluding steroid dienone is 2. The molecule has 0 saturated heterocycles. The van der Waals surface area contributed by atoms with Gasteiger partial charge >= 0.3 is 0 Å². The zero-order chi connectivity index (χ0) is 5.70. The topological polar surface area (TPSA) is 0 Å². The maximum absolute atomic E-state index is 3.57. The Morgan fingerprint density at radius 1 is 1.71 bits per heavy atom. The van der Waals surface area contributed by atoms with Gasteiger partial charge in [-0.05, 0) is 24.2 Å². The summed E-state index contributed by atoms with van der Waals surface area (Å²) < 4.78 is 0. The monoisotopic (exact) mass is 114 g/mol.